The molecular formula is C27H28FN5O3. The van der Waals surface area contributed by atoms with E-state index in [4.69, 9.17) is 4.74 Å². The summed E-state index contributed by atoms with van der Waals surface area (Å²) in [4.78, 5) is 19.3. The number of aromatic nitrogens is 3. The molecule has 2 aromatic heterocycles. The Balaban J connectivity index is 1.33. The number of aromatic amines is 1. The standard InChI is InChI=1S/C27H28FN5O3/c1-36-25-4-2-3-23(28)22(25)15-33-14-19(6-7-20(33)16-34)30-27(35)18-5-8-24-21(13-18)26(32-31-24)17-9-11-29-12-10-17/h2-5,8-13,19-20,34H,6-7,14-16H2,1H3,(H,30,35)(H,31,32)/t19-,20?/m1/s1. The number of fused-ring (bicyclic) bond motifs is 1. The predicted octanol–water partition coefficient (Wildman–Crippen LogP) is 3.53. The molecule has 3 N–H and O–H groups in total. The van der Waals surface area contributed by atoms with Crippen LogP contribution in [0.25, 0.3) is 22.2 Å². The maximum atomic E-state index is 14.6. The zero-order valence-corrected chi connectivity index (χ0v) is 19.9. The van der Waals surface area contributed by atoms with Gasteiger partial charge in [0.15, 0.2) is 0 Å². The Morgan fingerprint density at radius 1 is 1.22 bits per heavy atom. The first kappa shape index (κ1) is 23.9. The average molecular weight is 490 g/mol. The SMILES string of the molecule is COc1cccc(F)c1CN1C[C@H](NC(=O)c2ccc3[nH]nc(-c4ccncc4)c3c2)CCC1CO. The van der Waals surface area contributed by atoms with Crippen LogP contribution in [0.3, 0.4) is 0 Å². The largest absolute Gasteiger partial charge is 0.496 e. The van der Waals surface area contributed by atoms with Crippen molar-refractivity contribution in [3.63, 3.8) is 0 Å². The van der Waals surface area contributed by atoms with Crippen molar-refractivity contribution < 1.29 is 19.0 Å². The molecular weight excluding hydrogens is 461 g/mol. The Hall–Kier alpha value is -3.82. The molecule has 0 aliphatic carbocycles. The highest BCUT2D eigenvalue weighted by atomic mass is 19.1. The van der Waals surface area contributed by atoms with Crippen molar-refractivity contribution in [2.24, 2.45) is 0 Å². The quantitative estimate of drug-likeness (QED) is 0.367. The molecule has 0 spiro atoms. The van der Waals surface area contributed by atoms with E-state index in [1.807, 2.05) is 29.2 Å². The number of methoxy groups -OCH3 is 1. The number of carbonyl (C=O) groups is 1. The van der Waals surface area contributed by atoms with E-state index in [9.17, 15) is 14.3 Å². The zero-order chi connectivity index (χ0) is 25.1. The molecule has 8 nitrogen and oxygen atoms in total. The smallest absolute Gasteiger partial charge is 0.251 e. The fourth-order valence-corrected chi connectivity index (χ4v) is 4.86. The highest BCUT2D eigenvalue weighted by Gasteiger charge is 2.30. The maximum absolute atomic E-state index is 14.6. The number of amides is 1. The number of benzene rings is 2. The zero-order valence-electron chi connectivity index (χ0n) is 19.9. The van der Waals surface area contributed by atoms with Crippen LogP contribution < -0.4 is 10.1 Å². The third kappa shape index (κ3) is 4.80. The number of likely N-dealkylation sites (tertiary alicyclic amines) is 1. The molecule has 186 valence electrons. The molecule has 0 bridgehead atoms. The number of nitrogens with one attached hydrogen (secondary N) is 2. The van der Waals surface area contributed by atoms with E-state index >= 15 is 0 Å². The lowest BCUT2D eigenvalue weighted by Gasteiger charge is -2.39. The first-order chi connectivity index (χ1) is 17.6. The van der Waals surface area contributed by atoms with E-state index in [2.05, 4.69) is 20.5 Å². The summed E-state index contributed by atoms with van der Waals surface area (Å²) in [6.07, 6.45) is 4.82. The minimum absolute atomic E-state index is 0.0353. The van der Waals surface area contributed by atoms with Crippen LogP contribution in [0.15, 0.2) is 60.9 Å². The Morgan fingerprint density at radius 3 is 2.83 bits per heavy atom. The van der Waals surface area contributed by atoms with Gasteiger partial charge in [0.1, 0.15) is 17.3 Å². The Labute approximate surface area is 208 Å². The Bertz CT molecular complexity index is 1360. The normalized spacial score (nSPS) is 18.3. The number of hydrogen-bond donors (Lipinski definition) is 3. The summed E-state index contributed by atoms with van der Waals surface area (Å²) in [7, 11) is 1.51. The van der Waals surface area contributed by atoms with Gasteiger partial charge >= 0.3 is 0 Å². The monoisotopic (exact) mass is 489 g/mol. The van der Waals surface area contributed by atoms with Crippen LogP contribution in [0.1, 0.15) is 28.8 Å². The fraction of sp³-hybridized carbons (Fsp3) is 0.296. The molecule has 4 aromatic rings. The van der Waals surface area contributed by atoms with E-state index in [0.29, 0.717) is 29.8 Å². The van der Waals surface area contributed by atoms with Gasteiger partial charge in [0, 0.05) is 59.6 Å². The summed E-state index contributed by atoms with van der Waals surface area (Å²) in [5.74, 6) is -0.0680. The summed E-state index contributed by atoms with van der Waals surface area (Å²) >= 11 is 0. The number of H-pyrrole nitrogens is 1. The summed E-state index contributed by atoms with van der Waals surface area (Å²) in [6, 6.07) is 13.7. The van der Waals surface area contributed by atoms with Crippen molar-refractivity contribution in [2.45, 2.75) is 31.5 Å². The molecule has 1 saturated heterocycles. The van der Waals surface area contributed by atoms with Crippen molar-refractivity contribution in [1.29, 1.82) is 0 Å². The summed E-state index contributed by atoms with van der Waals surface area (Å²) in [6.45, 7) is 0.737. The lowest BCUT2D eigenvalue weighted by Crippen LogP contribution is -2.52. The van der Waals surface area contributed by atoms with E-state index in [1.54, 1.807) is 30.6 Å². The van der Waals surface area contributed by atoms with Crippen LogP contribution in [0, 0.1) is 5.82 Å². The van der Waals surface area contributed by atoms with Crippen LogP contribution >= 0.6 is 0 Å². The first-order valence-electron chi connectivity index (χ1n) is 11.9. The maximum Gasteiger partial charge on any atom is 0.251 e. The van der Waals surface area contributed by atoms with Crippen molar-refractivity contribution in [1.82, 2.24) is 25.4 Å². The van der Waals surface area contributed by atoms with Crippen LogP contribution in [-0.4, -0.2) is 63.4 Å². The number of aliphatic hydroxyl groups is 1. The summed E-state index contributed by atoms with van der Waals surface area (Å²) in [5, 5.41) is 21.3. The van der Waals surface area contributed by atoms with Gasteiger partial charge in [-0.3, -0.25) is 19.8 Å². The molecule has 0 radical (unpaired) electrons. The summed E-state index contributed by atoms with van der Waals surface area (Å²) < 4.78 is 19.9. The second-order valence-corrected chi connectivity index (χ2v) is 9.00. The van der Waals surface area contributed by atoms with Crippen LogP contribution in [0.5, 0.6) is 5.75 Å². The number of hydrogen-bond acceptors (Lipinski definition) is 6. The van der Waals surface area contributed by atoms with Gasteiger partial charge in [-0.15, -0.1) is 0 Å². The number of carbonyl (C=O) groups excluding carboxylic acids is 1. The van der Waals surface area contributed by atoms with Crippen molar-refractivity contribution in [2.75, 3.05) is 20.3 Å². The van der Waals surface area contributed by atoms with Crippen LogP contribution in [-0.2, 0) is 6.54 Å². The molecule has 2 aromatic carbocycles. The second-order valence-electron chi connectivity index (χ2n) is 9.00. The molecule has 36 heavy (non-hydrogen) atoms. The first-order valence-corrected chi connectivity index (χ1v) is 11.9. The molecule has 1 aliphatic heterocycles. The van der Waals surface area contributed by atoms with Gasteiger partial charge in [-0.2, -0.15) is 5.10 Å². The predicted molar refractivity (Wildman–Crippen MR) is 134 cm³/mol. The van der Waals surface area contributed by atoms with E-state index in [1.165, 1.54) is 13.2 Å². The van der Waals surface area contributed by atoms with Gasteiger partial charge < -0.3 is 15.2 Å². The van der Waals surface area contributed by atoms with Crippen molar-refractivity contribution in [3.8, 4) is 17.0 Å². The topological polar surface area (TPSA) is 103 Å². The summed E-state index contributed by atoms with van der Waals surface area (Å²) in [5.41, 5.74) is 3.49. The number of nitrogens with zero attached hydrogens (tertiary/aromatic N) is 3. The van der Waals surface area contributed by atoms with Crippen LogP contribution in [0.2, 0.25) is 0 Å². The van der Waals surface area contributed by atoms with Gasteiger partial charge in [0.2, 0.25) is 0 Å². The average Bonchev–Trinajstić information content (AvgIpc) is 3.34. The fourth-order valence-electron chi connectivity index (χ4n) is 4.86. The molecule has 5 rings (SSSR count). The molecule has 1 amide bonds. The number of halogens is 1. The second kappa shape index (κ2) is 10.4. The third-order valence-corrected chi connectivity index (χ3v) is 6.80. The minimum Gasteiger partial charge on any atom is -0.496 e. The van der Waals surface area contributed by atoms with E-state index in [0.717, 1.165) is 28.6 Å². The third-order valence-electron chi connectivity index (χ3n) is 6.80. The van der Waals surface area contributed by atoms with E-state index in [-0.39, 0.29) is 37.0 Å². The molecule has 3 heterocycles. The molecule has 0 saturated carbocycles. The van der Waals surface area contributed by atoms with Crippen LogP contribution in [0.4, 0.5) is 4.39 Å². The molecule has 1 unspecified atom stereocenters. The van der Waals surface area contributed by atoms with Crippen molar-refractivity contribution in [3.05, 3.63) is 77.9 Å². The lowest BCUT2D eigenvalue weighted by molar-refractivity contribution is 0.0614. The van der Waals surface area contributed by atoms with Gasteiger partial charge in [0.25, 0.3) is 5.91 Å². The molecule has 2 atom stereocenters. The number of piperidine rings is 1. The number of rotatable bonds is 7. The van der Waals surface area contributed by atoms with Crippen molar-refractivity contribution >= 4 is 16.8 Å². The van der Waals surface area contributed by atoms with Gasteiger partial charge in [0.05, 0.1) is 19.2 Å². The molecule has 9 heteroatoms. The minimum atomic E-state index is -0.351. The molecule has 1 fully saturated rings. The highest BCUT2D eigenvalue weighted by Crippen LogP contribution is 2.28. The number of aliphatic hydroxyl groups excluding tert-OH is 1. The Kier molecular flexibility index (Phi) is 6.92. The molecule has 1 aliphatic rings. The van der Waals surface area contributed by atoms with Gasteiger partial charge in [-0.25, -0.2) is 4.39 Å². The number of ether oxygens (including phenoxy) is 1. The van der Waals surface area contributed by atoms with Gasteiger partial charge in [-0.05, 0) is 55.3 Å². The highest BCUT2D eigenvalue weighted by molar-refractivity contribution is 6.01. The lowest BCUT2D eigenvalue weighted by atomic mass is 9.97. The number of pyridine rings is 1. The Morgan fingerprint density at radius 2 is 2.06 bits per heavy atom. The van der Waals surface area contributed by atoms with E-state index < -0.39 is 0 Å². The van der Waals surface area contributed by atoms with Gasteiger partial charge in [-0.1, -0.05) is 6.07 Å².